The standard InChI is InChI=1S/C15H20N4O2/c1-14(2)8-11(15(3,4)21-14)18-13(20)10-9-16-12-6-5-7-17-19(10)12/h5-7,9,11H,8H2,1-4H3,(H,18,20)/t11-/m1/s1. The fourth-order valence-corrected chi connectivity index (χ4v) is 3.00. The minimum atomic E-state index is -0.396. The van der Waals surface area contributed by atoms with E-state index in [4.69, 9.17) is 4.74 Å². The van der Waals surface area contributed by atoms with Crippen molar-refractivity contribution in [2.45, 2.75) is 51.4 Å². The topological polar surface area (TPSA) is 68.5 Å². The maximum absolute atomic E-state index is 12.5. The lowest BCUT2D eigenvalue weighted by atomic mass is 9.94. The number of nitrogens with one attached hydrogen (secondary N) is 1. The van der Waals surface area contributed by atoms with Crippen molar-refractivity contribution in [1.82, 2.24) is 19.9 Å². The Balaban J connectivity index is 1.84. The molecule has 0 radical (unpaired) electrons. The molecule has 1 saturated heterocycles. The first-order chi connectivity index (χ1) is 9.78. The molecule has 0 aliphatic carbocycles. The molecular weight excluding hydrogens is 268 g/mol. The number of amides is 1. The predicted octanol–water partition coefficient (Wildman–Crippen LogP) is 1.81. The van der Waals surface area contributed by atoms with Gasteiger partial charge >= 0.3 is 0 Å². The van der Waals surface area contributed by atoms with Crippen molar-refractivity contribution in [3.05, 3.63) is 30.2 Å². The number of fused-ring (bicyclic) bond motifs is 1. The Morgan fingerprint density at radius 1 is 1.43 bits per heavy atom. The fraction of sp³-hybridized carbons (Fsp3) is 0.533. The molecule has 3 heterocycles. The molecule has 6 heteroatoms. The molecule has 21 heavy (non-hydrogen) atoms. The van der Waals surface area contributed by atoms with Gasteiger partial charge in [-0.25, -0.2) is 9.50 Å². The van der Waals surface area contributed by atoms with Crippen molar-refractivity contribution >= 4 is 11.6 Å². The largest absolute Gasteiger partial charge is 0.367 e. The number of imidazole rings is 1. The second-order valence-corrected chi connectivity index (χ2v) is 6.63. The van der Waals surface area contributed by atoms with Crippen LogP contribution in [-0.2, 0) is 4.74 Å². The number of carbonyl (C=O) groups is 1. The zero-order valence-electron chi connectivity index (χ0n) is 12.8. The van der Waals surface area contributed by atoms with E-state index < -0.39 is 5.60 Å². The Bertz CT molecular complexity index is 690. The van der Waals surface area contributed by atoms with Crippen molar-refractivity contribution in [2.24, 2.45) is 0 Å². The first-order valence-electron chi connectivity index (χ1n) is 7.08. The van der Waals surface area contributed by atoms with Gasteiger partial charge in [0.2, 0.25) is 0 Å². The molecule has 0 spiro atoms. The van der Waals surface area contributed by atoms with Crippen molar-refractivity contribution in [3.63, 3.8) is 0 Å². The molecule has 2 aromatic rings. The van der Waals surface area contributed by atoms with Crippen LogP contribution >= 0.6 is 0 Å². The van der Waals surface area contributed by atoms with E-state index in [1.807, 2.05) is 33.8 Å². The summed E-state index contributed by atoms with van der Waals surface area (Å²) >= 11 is 0. The quantitative estimate of drug-likeness (QED) is 0.915. The number of rotatable bonds is 2. The minimum Gasteiger partial charge on any atom is -0.367 e. The van der Waals surface area contributed by atoms with Gasteiger partial charge in [-0.1, -0.05) is 0 Å². The molecule has 1 fully saturated rings. The highest BCUT2D eigenvalue weighted by Gasteiger charge is 2.46. The molecule has 3 rings (SSSR count). The van der Waals surface area contributed by atoms with Crippen molar-refractivity contribution in [3.8, 4) is 0 Å². The molecule has 2 aromatic heterocycles. The van der Waals surface area contributed by atoms with Gasteiger partial charge in [-0.3, -0.25) is 4.79 Å². The van der Waals surface area contributed by atoms with Gasteiger partial charge < -0.3 is 10.1 Å². The third-order valence-electron chi connectivity index (χ3n) is 3.89. The molecule has 1 aliphatic heterocycles. The average molecular weight is 288 g/mol. The molecule has 0 unspecified atom stereocenters. The van der Waals surface area contributed by atoms with Crippen LogP contribution in [-0.4, -0.2) is 37.7 Å². The number of carbonyl (C=O) groups excluding carboxylic acids is 1. The van der Waals surface area contributed by atoms with E-state index in [9.17, 15) is 4.79 Å². The lowest BCUT2D eigenvalue weighted by molar-refractivity contribution is -0.0693. The van der Waals surface area contributed by atoms with Gasteiger partial charge in [0.05, 0.1) is 23.4 Å². The number of nitrogens with zero attached hydrogens (tertiary/aromatic N) is 3. The fourth-order valence-electron chi connectivity index (χ4n) is 3.00. The van der Waals surface area contributed by atoms with Crippen LogP contribution in [0.4, 0.5) is 0 Å². The van der Waals surface area contributed by atoms with Gasteiger partial charge in [-0.15, -0.1) is 0 Å². The number of hydrogen-bond donors (Lipinski definition) is 1. The second kappa shape index (κ2) is 4.53. The van der Waals surface area contributed by atoms with E-state index in [1.165, 1.54) is 0 Å². The summed E-state index contributed by atoms with van der Waals surface area (Å²) in [6.45, 7) is 8.08. The summed E-state index contributed by atoms with van der Waals surface area (Å²) < 4.78 is 7.55. The molecule has 1 aliphatic rings. The van der Waals surface area contributed by atoms with Gasteiger partial charge in [0.15, 0.2) is 5.65 Å². The van der Waals surface area contributed by atoms with Crippen molar-refractivity contribution < 1.29 is 9.53 Å². The van der Waals surface area contributed by atoms with Gasteiger partial charge in [-0.05, 0) is 46.2 Å². The molecule has 6 nitrogen and oxygen atoms in total. The van der Waals surface area contributed by atoms with E-state index in [-0.39, 0.29) is 17.6 Å². The highest BCUT2D eigenvalue weighted by atomic mass is 16.5. The maximum atomic E-state index is 12.5. The van der Waals surface area contributed by atoms with E-state index in [0.29, 0.717) is 11.3 Å². The Morgan fingerprint density at radius 2 is 2.19 bits per heavy atom. The first kappa shape index (κ1) is 14.0. The monoisotopic (exact) mass is 288 g/mol. The third kappa shape index (κ3) is 2.51. The Kier molecular flexibility index (Phi) is 3.02. The Labute approximate surface area is 123 Å². The minimum absolute atomic E-state index is 0.0470. The van der Waals surface area contributed by atoms with E-state index >= 15 is 0 Å². The van der Waals surface area contributed by atoms with Crippen LogP contribution in [0.2, 0.25) is 0 Å². The summed E-state index contributed by atoms with van der Waals surface area (Å²) in [4.78, 5) is 16.7. The lowest BCUT2D eigenvalue weighted by Crippen LogP contribution is -2.46. The molecular formula is C15H20N4O2. The Hall–Kier alpha value is -1.95. The number of aromatic nitrogens is 3. The third-order valence-corrected chi connectivity index (χ3v) is 3.89. The Morgan fingerprint density at radius 3 is 2.86 bits per heavy atom. The zero-order chi connectivity index (χ0) is 15.3. The summed E-state index contributed by atoms with van der Waals surface area (Å²) in [5, 5.41) is 7.22. The summed E-state index contributed by atoms with van der Waals surface area (Å²) in [5.74, 6) is -0.180. The molecule has 1 N–H and O–H groups in total. The van der Waals surface area contributed by atoms with Crippen LogP contribution in [0.15, 0.2) is 24.5 Å². The summed E-state index contributed by atoms with van der Waals surface area (Å²) in [6.07, 6.45) is 3.96. The first-order valence-corrected chi connectivity index (χ1v) is 7.08. The highest BCUT2D eigenvalue weighted by Crippen LogP contribution is 2.37. The van der Waals surface area contributed by atoms with Crippen LogP contribution < -0.4 is 5.32 Å². The molecule has 0 bridgehead atoms. The van der Waals surface area contributed by atoms with E-state index in [2.05, 4.69) is 15.4 Å². The summed E-state index contributed by atoms with van der Waals surface area (Å²) in [6, 6.07) is 3.56. The molecule has 0 aromatic carbocycles. The normalized spacial score (nSPS) is 23.3. The lowest BCUT2D eigenvalue weighted by Gasteiger charge is -2.27. The van der Waals surface area contributed by atoms with E-state index in [1.54, 1.807) is 23.0 Å². The predicted molar refractivity (Wildman–Crippen MR) is 78.1 cm³/mol. The van der Waals surface area contributed by atoms with Crippen molar-refractivity contribution in [1.29, 1.82) is 0 Å². The van der Waals surface area contributed by atoms with Crippen LogP contribution in [0.3, 0.4) is 0 Å². The maximum Gasteiger partial charge on any atom is 0.271 e. The number of ether oxygens (including phenoxy) is 1. The smallest absolute Gasteiger partial charge is 0.271 e. The van der Waals surface area contributed by atoms with Gasteiger partial charge in [0.25, 0.3) is 5.91 Å². The summed E-state index contributed by atoms with van der Waals surface area (Å²) in [7, 11) is 0. The molecule has 112 valence electrons. The molecule has 0 saturated carbocycles. The summed E-state index contributed by atoms with van der Waals surface area (Å²) in [5.41, 5.74) is 0.461. The highest BCUT2D eigenvalue weighted by molar-refractivity contribution is 5.93. The molecule has 1 amide bonds. The van der Waals surface area contributed by atoms with Crippen LogP contribution in [0.5, 0.6) is 0 Å². The van der Waals surface area contributed by atoms with Crippen LogP contribution in [0.25, 0.3) is 5.65 Å². The van der Waals surface area contributed by atoms with Crippen LogP contribution in [0.1, 0.15) is 44.6 Å². The van der Waals surface area contributed by atoms with Gasteiger partial charge in [-0.2, -0.15) is 5.10 Å². The number of hydrogen-bond acceptors (Lipinski definition) is 4. The van der Waals surface area contributed by atoms with Crippen molar-refractivity contribution in [2.75, 3.05) is 0 Å². The second-order valence-electron chi connectivity index (χ2n) is 6.63. The van der Waals surface area contributed by atoms with Crippen LogP contribution in [0, 0.1) is 0 Å². The average Bonchev–Trinajstić information content (AvgIpc) is 2.87. The SMILES string of the molecule is CC1(C)C[C@@H](NC(=O)c2cnc3cccnn23)C(C)(C)O1. The van der Waals surface area contributed by atoms with Gasteiger partial charge in [0.1, 0.15) is 5.69 Å². The van der Waals surface area contributed by atoms with E-state index in [0.717, 1.165) is 6.42 Å². The van der Waals surface area contributed by atoms with Gasteiger partial charge in [0, 0.05) is 6.20 Å². The zero-order valence-corrected chi connectivity index (χ0v) is 12.8. The molecule has 1 atom stereocenters.